The van der Waals surface area contributed by atoms with Crippen LogP contribution < -0.4 is 5.32 Å². The first-order valence-electron chi connectivity index (χ1n) is 8.88. The van der Waals surface area contributed by atoms with E-state index in [1.165, 1.54) is 16.4 Å². The second-order valence-corrected chi connectivity index (χ2v) is 9.35. The van der Waals surface area contributed by atoms with Crippen LogP contribution in [0.3, 0.4) is 0 Å². The fraction of sp³-hybridized carbons (Fsp3) is 0.611. The first-order chi connectivity index (χ1) is 12.3. The number of carbonyl (C=O) groups is 1. The molecule has 26 heavy (non-hydrogen) atoms. The van der Waals surface area contributed by atoms with Crippen molar-refractivity contribution in [2.75, 3.05) is 39.5 Å². The third-order valence-electron chi connectivity index (χ3n) is 4.70. The van der Waals surface area contributed by atoms with Crippen molar-refractivity contribution in [1.82, 2.24) is 9.62 Å². The number of morpholine rings is 1. The Kier molecular flexibility index (Phi) is 5.67. The second-order valence-electron chi connectivity index (χ2n) is 7.41. The molecule has 2 saturated heterocycles. The van der Waals surface area contributed by atoms with E-state index in [2.05, 4.69) is 5.32 Å². The van der Waals surface area contributed by atoms with E-state index in [0.29, 0.717) is 37.8 Å². The summed E-state index contributed by atoms with van der Waals surface area (Å²) in [5.41, 5.74) is -0.179. The Morgan fingerprint density at radius 2 is 2.15 bits per heavy atom. The summed E-state index contributed by atoms with van der Waals surface area (Å²) in [5, 5.41) is 2.86. The first-order valence-corrected chi connectivity index (χ1v) is 10.3. The summed E-state index contributed by atoms with van der Waals surface area (Å²) < 4.78 is 38.2. The molecular weight excluding hydrogens is 356 g/mol. The third kappa shape index (κ3) is 4.43. The van der Waals surface area contributed by atoms with E-state index >= 15 is 0 Å². The quantitative estimate of drug-likeness (QED) is 0.829. The molecule has 2 heterocycles. The van der Waals surface area contributed by atoms with Crippen molar-refractivity contribution in [2.45, 2.75) is 30.8 Å². The molecule has 2 aliphatic rings. The zero-order chi connectivity index (χ0) is 18.8. The molecule has 1 aromatic carbocycles. The Balaban J connectivity index is 1.72. The molecule has 0 saturated carbocycles. The molecule has 7 nitrogen and oxygen atoms in total. The fourth-order valence-electron chi connectivity index (χ4n) is 3.21. The van der Waals surface area contributed by atoms with Crippen molar-refractivity contribution in [3.05, 3.63) is 29.8 Å². The van der Waals surface area contributed by atoms with Crippen LogP contribution in [0, 0.1) is 5.92 Å². The van der Waals surface area contributed by atoms with Crippen LogP contribution in [0.1, 0.15) is 30.6 Å². The van der Waals surface area contributed by atoms with E-state index in [9.17, 15) is 13.2 Å². The minimum absolute atomic E-state index is 0.132. The van der Waals surface area contributed by atoms with Gasteiger partial charge in [-0.2, -0.15) is 4.31 Å². The Bertz CT molecular complexity index is 757. The van der Waals surface area contributed by atoms with E-state index in [0.717, 1.165) is 13.0 Å². The van der Waals surface area contributed by atoms with Gasteiger partial charge in [0.1, 0.15) is 0 Å². The van der Waals surface area contributed by atoms with Crippen molar-refractivity contribution >= 4 is 15.9 Å². The number of rotatable bonds is 5. The molecule has 2 fully saturated rings. The van der Waals surface area contributed by atoms with Gasteiger partial charge in [0.2, 0.25) is 10.0 Å². The summed E-state index contributed by atoms with van der Waals surface area (Å²) in [5.74, 6) is 0.0534. The van der Waals surface area contributed by atoms with Gasteiger partial charge in [-0.15, -0.1) is 0 Å². The lowest BCUT2D eigenvalue weighted by Crippen LogP contribution is -2.50. The Morgan fingerprint density at radius 3 is 2.85 bits per heavy atom. The summed E-state index contributed by atoms with van der Waals surface area (Å²) in [6.07, 6.45) is 0.932. The van der Waals surface area contributed by atoms with Crippen LogP contribution in [-0.4, -0.2) is 63.7 Å². The lowest BCUT2D eigenvalue weighted by molar-refractivity contribution is -0.0640. The van der Waals surface area contributed by atoms with Crippen molar-refractivity contribution in [1.29, 1.82) is 0 Å². The van der Waals surface area contributed by atoms with Crippen molar-refractivity contribution < 1.29 is 22.7 Å². The molecule has 1 aromatic rings. The normalized spacial score (nSPS) is 23.7. The predicted molar refractivity (Wildman–Crippen MR) is 96.5 cm³/mol. The zero-order valence-corrected chi connectivity index (χ0v) is 16.0. The van der Waals surface area contributed by atoms with E-state index < -0.39 is 15.6 Å². The SMILES string of the molecule is CC1(C)CN(S(=O)(=O)c2cccc(C(=O)NC[C@H]3CCOC3)c2)CCO1. The number of hydrogen-bond acceptors (Lipinski definition) is 5. The highest BCUT2D eigenvalue weighted by Gasteiger charge is 2.35. The molecule has 1 amide bonds. The number of sulfonamides is 1. The van der Waals surface area contributed by atoms with Crippen molar-refractivity contribution in [2.24, 2.45) is 5.92 Å². The summed E-state index contributed by atoms with van der Waals surface area (Å²) in [4.78, 5) is 12.5. The lowest BCUT2D eigenvalue weighted by atomic mass is 10.1. The highest BCUT2D eigenvalue weighted by Crippen LogP contribution is 2.24. The van der Waals surface area contributed by atoms with Crippen molar-refractivity contribution in [3.8, 4) is 0 Å². The average Bonchev–Trinajstić information content (AvgIpc) is 3.12. The lowest BCUT2D eigenvalue weighted by Gasteiger charge is -2.37. The minimum Gasteiger partial charge on any atom is -0.381 e. The number of carbonyl (C=O) groups excluding carboxylic acids is 1. The van der Waals surface area contributed by atoms with E-state index in [1.54, 1.807) is 12.1 Å². The fourth-order valence-corrected chi connectivity index (χ4v) is 4.83. The Morgan fingerprint density at radius 1 is 1.35 bits per heavy atom. The number of hydrogen-bond donors (Lipinski definition) is 1. The smallest absolute Gasteiger partial charge is 0.251 e. The second kappa shape index (κ2) is 7.64. The number of nitrogens with one attached hydrogen (secondary N) is 1. The highest BCUT2D eigenvalue weighted by molar-refractivity contribution is 7.89. The van der Waals surface area contributed by atoms with Crippen LogP contribution in [0.2, 0.25) is 0 Å². The molecule has 0 spiro atoms. The number of benzene rings is 1. The van der Waals surface area contributed by atoms with Crippen LogP contribution in [0.4, 0.5) is 0 Å². The van der Waals surface area contributed by atoms with Crippen LogP contribution in [-0.2, 0) is 19.5 Å². The van der Waals surface area contributed by atoms with Gasteiger partial charge in [0.05, 0.1) is 23.7 Å². The molecule has 3 rings (SSSR count). The largest absolute Gasteiger partial charge is 0.381 e. The monoisotopic (exact) mass is 382 g/mol. The molecule has 1 N–H and O–H groups in total. The molecule has 0 unspecified atom stereocenters. The number of amides is 1. The number of ether oxygens (including phenoxy) is 2. The van der Waals surface area contributed by atoms with Gasteiger partial charge >= 0.3 is 0 Å². The molecule has 0 aliphatic carbocycles. The topological polar surface area (TPSA) is 84.9 Å². The van der Waals surface area contributed by atoms with Gasteiger partial charge in [-0.3, -0.25) is 4.79 Å². The first kappa shape index (κ1) is 19.3. The van der Waals surface area contributed by atoms with Gasteiger partial charge in [0.25, 0.3) is 5.91 Å². The summed E-state index contributed by atoms with van der Waals surface area (Å²) in [6, 6.07) is 6.20. The highest BCUT2D eigenvalue weighted by atomic mass is 32.2. The molecule has 8 heteroatoms. The standard InChI is InChI=1S/C18H26N2O5S/c1-18(2)13-20(7-9-25-18)26(22,23)16-5-3-4-15(10-16)17(21)19-11-14-6-8-24-12-14/h3-5,10,14H,6-9,11-13H2,1-2H3,(H,19,21)/t14-/m1/s1. The van der Waals surface area contributed by atoms with Crippen molar-refractivity contribution in [3.63, 3.8) is 0 Å². The summed E-state index contributed by atoms with van der Waals surface area (Å²) in [6.45, 7) is 6.60. The molecule has 0 bridgehead atoms. The Labute approximate surface area is 154 Å². The van der Waals surface area contributed by atoms with Crippen LogP contribution in [0.5, 0.6) is 0 Å². The van der Waals surface area contributed by atoms with E-state index in [1.807, 2.05) is 13.8 Å². The maximum Gasteiger partial charge on any atom is 0.251 e. The Hall–Kier alpha value is -1.48. The van der Waals surface area contributed by atoms with Crippen LogP contribution in [0.25, 0.3) is 0 Å². The van der Waals surface area contributed by atoms with Crippen LogP contribution in [0.15, 0.2) is 29.2 Å². The molecule has 0 radical (unpaired) electrons. The number of nitrogens with zero attached hydrogens (tertiary/aromatic N) is 1. The van der Waals surface area contributed by atoms with Gasteiger partial charge in [0, 0.05) is 37.7 Å². The molecule has 1 atom stereocenters. The van der Waals surface area contributed by atoms with Gasteiger partial charge in [0.15, 0.2) is 0 Å². The van der Waals surface area contributed by atoms with Crippen LogP contribution >= 0.6 is 0 Å². The van der Waals surface area contributed by atoms with Gasteiger partial charge in [-0.05, 0) is 38.5 Å². The van der Waals surface area contributed by atoms with Gasteiger partial charge in [-0.25, -0.2) is 8.42 Å². The minimum atomic E-state index is -3.67. The molecule has 2 aliphatic heterocycles. The third-order valence-corrected chi connectivity index (χ3v) is 6.54. The zero-order valence-electron chi connectivity index (χ0n) is 15.2. The summed E-state index contributed by atoms with van der Waals surface area (Å²) in [7, 11) is -3.67. The average molecular weight is 382 g/mol. The maximum atomic E-state index is 12.9. The van der Waals surface area contributed by atoms with Gasteiger partial charge < -0.3 is 14.8 Å². The predicted octanol–water partition coefficient (Wildman–Crippen LogP) is 1.25. The van der Waals surface area contributed by atoms with E-state index in [4.69, 9.17) is 9.47 Å². The van der Waals surface area contributed by atoms with Gasteiger partial charge in [-0.1, -0.05) is 6.07 Å². The maximum absolute atomic E-state index is 12.9. The molecule has 0 aromatic heterocycles. The molecular formula is C18H26N2O5S. The molecule has 144 valence electrons. The van der Waals surface area contributed by atoms with E-state index in [-0.39, 0.29) is 17.3 Å². The summed E-state index contributed by atoms with van der Waals surface area (Å²) >= 11 is 0.